The third kappa shape index (κ3) is 3.77. The number of rotatable bonds is 4. The Morgan fingerprint density at radius 1 is 1.38 bits per heavy atom. The first-order chi connectivity index (χ1) is 11.4. The molecule has 0 spiro atoms. The van der Waals surface area contributed by atoms with E-state index in [9.17, 15) is 4.79 Å². The van der Waals surface area contributed by atoms with Gasteiger partial charge < -0.3 is 9.64 Å². The second-order valence-corrected chi connectivity index (χ2v) is 7.78. The first kappa shape index (κ1) is 17.3. The molecule has 0 saturated carbocycles. The molecule has 0 radical (unpaired) electrons. The standard InChI is InChI=1S/C18H25N3O2S/c1-12-9-21(10-13(2)23-12)18(22)14(3)20(4)11-17-19-15-7-5-6-8-16(15)24-17/h5-8,12-14H,9-11H2,1-4H3/t12-,13-,14-/m1/s1. The highest BCUT2D eigenvalue weighted by molar-refractivity contribution is 7.18. The van der Waals surface area contributed by atoms with E-state index in [1.165, 1.54) is 4.70 Å². The number of ether oxygens (including phenoxy) is 1. The van der Waals surface area contributed by atoms with Gasteiger partial charge in [0.15, 0.2) is 0 Å². The number of carbonyl (C=O) groups excluding carboxylic acids is 1. The molecule has 0 bridgehead atoms. The molecule has 1 saturated heterocycles. The molecule has 5 nitrogen and oxygen atoms in total. The fraction of sp³-hybridized carbons (Fsp3) is 0.556. The second kappa shape index (κ2) is 7.17. The zero-order valence-corrected chi connectivity index (χ0v) is 15.5. The highest BCUT2D eigenvalue weighted by Gasteiger charge is 2.30. The molecule has 1 aliphatic heterocycles. The van der Waals surface area contributed by atoms with Gasteiger partial charge in [0.2, 0.25) is 5.91 Å². The lowest BCUT2D eigenvalue weighted by Crippen LogP contribution is -2.53. The van der Waals surface area contributed by atoms with Crippen LogP contribution in [0.2, 0.25) is 0 Å². The van der Waals surface area contributed by atoms with Gasteiger partial charge in [0, 0.05) is 13.1 Å². The van der Waals surface area contributed by atoms with Gasteiger partial charge in [-0.2, -0.15) is 0 Å². The number of hydrogen-bond donors (Lipinski definition) is 0. The van der Waals surface area contributed by atoms with Gasteiger partial charge in [-0.1, -0.05) is 12.1 Å². The quantitative estimate of drug-likeness (QED) is 0.853. The van der Waals surface area contributed by atoms with Crippen molar-refractivity contribution in [3.63, 3.8) is 0 Å². The van der Waals surface area contributed by atoms with Crippen molar-refractivity contribution >= 4 is 27.5 Å². The third-order valence-corrected chi connectivity index (χ3v) is 5.49. The Bertz CT molecular complexity index is 674. The van der Waals surface area contributed by atoms with Crippen LogP contribution in [0.5, 0.6) is 0 Å². The lowest BCUT2D eigenvalue weighted by Gasteiger charge is -2.38. The topological polar surface area (TPSA) is 45.7 Å². The molecule has 2 aromatic rings. The summed E-state index contributed by atoms with van der Waals surface area (Å²) in [5.41, 5.74) is 1.03. The Morgan fingerprint density at radius 2 is 2.04 bits per heavy atom. The lowest BCUT2D eigenvalue weighted by molar-refractivity contribution is -0.147. The van der Waals surface area contributed by atoms with Crippen LogP contribution in [0.15, 0.2) is 24.3 Å². The molecular weight excluding hydrogens is 322 g/mol. The van der Waals surface area contributed by atoms with Gasteiger partial charge in [0.05, 0.1) is 35.0 Å². The van der Waals surface area contributed by atoms with Crippen molar-refractivity contribution in [2.24, 2.45) is 0 Å². The second-order valence-electron chi connectivity index (χ2n) is 6.67. The number of nitrogens with zero attached hydrogens (tertiary/aromatic N) is 3. The van der Waals surface area contributed by atoms with Gasteiger partial charge in [0.25, 0.3) is 0 Å². The number of para-hydroxylation sites is 1. The summed E-state index contributed by atoms with van der Waals surface area (Å²) < 4.78 is 6.91. The lowest BCUT2D eigenvalue weighted by atomic mass is 10.2. The molecule has 1 aliphatic rings. The van der Waals surface area contributed by atoms with Crippen molar-refractivity contribution < 1.29 is 9.53 Å². The van der Waals surface area contributed by atoms with Crippen LogP contribution in [0, 0.1) is 0 Å². The molecule has 1 aromatic carbocycles. The van der Waals surface area contributed by atoms with Crippen LogP contribution >= 0.6 is 11.3 Å². The van der Waals surface area contributed by atoms with Gasteiger partial charge in [-0.05, 0) is 40.0 Å². The van der Waals surface area contributed by atoms with E-state index in [0.717, 1.165) is 10.5 Å². The van der Waals surface area contributed by atoms with E-state index in [2.05, 4.69) is 16.0 Å². The fourth-order valence-corrected chi connectivity index (χ4v) is 4.18. The Balaban J connectivity index is 1.65. The molecule has 0 unspecified atom stereocenters. The van der Waals surface area contributed by atoms with Crippen molar-refractivity contribution in [1.29, 1.82) is 0 Å². The van der Waals surface area contributed by atoms with Crippen LogP contribution in [0.4, 0.5) is 0 Å². The number of likely N-dealkylation sites (N-methyl/N-ethyl adjacent to an activating group) is 1. The molecule has 3 rings (SSSR count). The van der Waals surface area contributed by atoms with Crippen LogP contribution in [-0.2, 0) is 16.1 Å². The van der Waals surface area contributed by atoms with E-state index in [1.54, 1.807) is 11.3 Å². The van der Waals surface area contributed by atoms with Gasteiger partial charge in [-0.25, -0.2) is 4.98 Å². The number of benzene rings is 1. The summed E-state index contributed by atoms with van der Waals surface area (Å²) in [6.07, 6.45) is 0.193. The molecule has 1 aromatic heterocycles. The SMILES string of the molecule is C[C@@H]1CN(C(=O)[C@@H](C)N(C)Cc2nc3ccccc3s2)C[C@@H](C)O1. The normalized spacial score (nSPS) is 23.0. The third-order valence-electron chi connectivity index (χ3n) is 4.47. The van der Waals surface area contributed by atoms with E-state index < -0.39 is 0 Å². The molecule has 3 atom stereocenters. The van der Waals surface area contributed by atoms with Gasteiger partial charge in [0.1, 0.15) is 5.01 Å². The molecule has 2 heterocycles. The van der Waals surface area contributed by atoms with E-state index >= 15 is 0 Å². The van der Waals surface area contributed by atoms with Crippen molar-refractivity contribution in [1.82, 2.24) is 14.8 Å². The summed E-state index contributed by atoms with van der Waals surface area (Å²) in [6.45, 7) is 8.03. The van der Waals surface area contributed by atoms with Gasteiger partial charge in [-0.15, -0.1) is 11.3 Å². The van der Waals surface area contributed by atoms with Crippen molar-refractivity contribution in [2.75, 3.05) is 20.1 Å². The minimum Gasteiger partial charge on any atom is -0.372 e. The summed E-state index contributed by atoms with van der Waals surface area (Å²) in [5.74, 6) is 0.167. The average Bonchev–Trinajstić information content (AvgIpc) is 2.94. The Labute approximate surface area is 147 Å². The smallest absolute Gasteiger partial charge is 0.239 e. The highest BCUT2D eigenvalue weighted by Crippen LogP contribution is 2.23. The molecule has 130 valence electrons. The van der Waals surface area contributed by atoms with Crippen molar-refractivity contribution in [2.45, 2.75) is 45.6 Å². The Morgan fingerprint density at radius 3 is 2.71 bits per heavy atom. The molecule has 6 heteroatoms. The zero-order valence-electron chi connectivity index (χ0n) is 14.7. The van der Waals surface area contributed by atoms with Crippen molar-refractivity contribution in [3.05, 3.63) is 29.3 Å². The number of amides is 1. The number of hydrogen-bond acceptors (Lipinski definition) is 5. The predicted octanol–water partition coefficient (Wildman–Crippen LogP) is 2.75. The Hall–Kier alpha value is -1.50. The van der Waals surface area contributed by atoms with Gasteiger partial charge in [-0.3, -0.25) is 9.69 Å². The molecule has 24 heavy (non-hydrogen) atoms. The number of fused-ring (bicyclic) bond motifs is 1. The number of thiazole rings is 1. The molecule has 1 fully saturated rings. The maximum Gasteiger partial charge on any atom is 0.239 e. The molecule has 1 amide bonds. The average molecular weight is 347 g/mol. The summed E-state index contributed by atoms with van der Waals surface area (Å²) in [6, 6.07) is 7.97. The fourth-order valence-electron chi connectivity index (χ4n) is 3.15. The predicted molar refractivity (Wildman–Crippen MR) is 97.1 cm³/mol. The van der Waals surface area contributed by atoms with Crippen LogP contribution in [-0.4, -0.2) is 59.1 Å². The summed E-state index contributed by atoms with van der Waals surface area (Å²) in [5, 5.41) is 1.04. The van der Waals surface area contributed by atoms with Gasteiger partial charge >= 0.3 is 0 Å². The molecule has 0 N–H and O–H groups in total. The minimum atomic E-state index is -0.172. The van der Waals surface area contributed by atoms with Crippen LogP contribution in [0.3, 0.4) is 0 Å². The monoisotopic (exact) mass is 347 g/mol. The van der Waals surface area contributed by atoms with E-state index in [0.29, 0.717) is 19.6 Å². The number of carbonyl (C=O) groups is 1. The number of aromatic nitrogens is 1. The van der Waals surface area contributed by atoms with Crippen LogP contribution in [0.25, 0.3) is 10.2 Å². The van der Waals surface area contributed by atoms with Crippen molar-refractivity contribution in [3.8, 4) is 0 Å². The Kier molecular flexibility index (Phi) is 5.18. The summed E-state index contributed by atoms with van der Waals surface area (Å²) in [4.78, 5) is 21.5. The van der Waals surface area contributed by atoms with E-state index in [4.69, 9.17) is 4.74 Å². The largest absolute Gasteiger partial charge is 0.372 e. The molecular formula is C18H25N3O2S. The maximum absolute atomic E-state index is 12.8. The minimum absolute atomic E-state index is 0.0967. The molecule has 0 aliphatic carbocycles. The van der Waals surface area contributed by atoms with Crippen LogP contribution in [0.1, 0.15) is 25.8 Å². The first-order valence-electron chi connectivity index (χ1n) is 8.43. The number of morpholine rings is 1. The highest BCUT2D eigenvalue weighted by atomic mass is 32.1. The van der Waals surface area contributed by atoms with Crippen LogP contribution < -0.4 is 0 Å². The van der Waals surface area contributed by atoms with E-state index in [1.807, 2.05) is 50.9 Å². The maximum atomic E-state index is 12.8. The van der Waals surface area contributed by atoms with E-state index in [-0.39, 0.29) is 24.2 Å². The summed E-state index contributed by atoms with van der Waals surface area (Å²) >= 11 is 1.69. The zero-order chi connectivity index (χ0) is 17.3. The first-order valence-corrected chi connectivity index (χ1v) is 9.24. The summed E-state index contributed by atoms with van der Waals surface area (Å²) in [7, 11) is 1.99.